The molecule has 0 fully saturated rings. The Bertz CT molecular complexity index is 1100. The first-order chi connectivity index (χ1) is 14.5. The molecule has 0 unspecified atom stereocenters. The zero-order chi connectivity index (χ0) is 21.1. The van der Waals surface area contributed by atoms with E-state index in [0.29, 0.717) is 42.0 Å². The first-order valence-corrected chi connectivity index (χ1v) is 10.1. The third kappa shape index (κ3) is 4.36. The lowest BCUT2D eigenvalue weighted by molar-refractivity contribution is -0.134. The van der Waals surface area contributed by atoms with E-state index < -0.39 is 0 Å². The summed E-state index contributed by atoms with van der Waals surface area (Å²) in [5, 5.41) is 4.43. The molecule has 0 radical (unpaired) electrons. The van der Waals surface area contributed by atoms with Gasteiger partial charge in [0.1, 0.15) is 19.8 Å². The summed E-state index contributed by atoms with van der Waals surface area (Å²) in [6, 6.07) is 12.7. The lowest BCUT2D eigenvalue weighted by Gasteiger charge is -2.22. The van der Waals surface area contributed by atoms with E-state index >= 15 is 0 Å². The lowest BCUT2D eigenvalue weighted by atomic mass is 10.2. The van der Waals surface area contributed by atoms with Gasteiger partial charge in [0.2, 0.25) is 11.8 Å². The Hall–Kier alpha value is -3.19. The summed E-state index contributed by atoms with van der Waals surface area (Å²) in [4.78, 5) is 26.8. The molecule has 0 saturated carbocycles. The average Bonchev–Trinajstić information content (AvgIpc) is 3.13. The largest absolute Gasteiger partial charge is 0.486 e. The Morgan fingerprint density at radius 3 is 2.70 bits per heavy atom. The number of nitrogens with one attached hydrogen (secondary N) is 1. The van der Waals surface area contributed by atoms with Gasteiger partial charge in [-0.1, -0.05) is 17.7 Å². The Morgan fingerprint density at radius 2 is 1.90 bits per heavy atom. The Balaban J connectivity index is 1.40. The standard InChI is InChI=1S/C22H22ClN3O4/c1-2-25(22(28)14-26-8-7-15-3-4-16(23)11-18(15)26)13-21(27)24-17-5-6-19-20(12-17)30-10-9-29-19/h3-8,11-12H,2,9-10,13-14H2,1H3,(H,24,27). The molecule has 0 spiro atoms. The van der Waals surface area contributed by atoms with Crippen LogP contribution in [0.2, 0.25) is 5.02 Å². The Kier molecular flexibility index (Phi) is 5.81. The fourth-order valence-electron chi connectivity index (χ4n) is 3.41. The molecule has 30 heavy (non-hydrogen) atoms. The molecule has 1 aromatic heterocycles. The summed E-state index contributed by atoms with van der Waals surface area (Å²) in [6.07, 6.45) is 1.85. The van der Waals surface area contributed by atoms with Crippen molar-refractivity contribution >= 4 is 40.0 Å². The number of rotatable bonds is 6. The Labute approximate surface area is 179 Å². The number of carbonyl (C=O) groups excluding carboxylic acids is 2. The van der Waals surface area contributed by atoms with Gasteiger partial charge in [-0.3, -0.25) is 9.59 Å². The molecule has 1 aliphatic rings. The van der Waals surface area contributed by atoms with Crippen molar-refractivity contribution in [1.29, 1.82) is 0 Å². The minimum Gasteiger partial charge on any atom is -0.486 e. The molecule has 0 atom stereocenters. The fraction of sp³-hybridized carbons (Fsp3) is 0.273. The first-order valence-electron chi connectivity index (χ1n) is 9.75. The highest BCUT2D eigenvalue weighted by atomic mass is 35.5. The maximum Gasteiger partial charge on any atom is 0.243 e. The summed E-state index contributed by atoms with van der Waals surface area (Å²) >= 11 is 6.09. The van der Waals surface area contributed by atoms with Gasteiger partial charge in [-0.25, -0.2) is 0 Å². The molecule has 1 aliphatic heterocycles. The van der Waals surface area contributed by atoms with Gasteiger partial charge in [-0.05, 0) is 42.6 Å². The highest BCUT2D eigenvalue weighted by Gasteiger charge is 2.18. The van der Waals surface area contributed by atoms with Crippen LogP contribution in [0.25, 0.3) is 10.9 Å². The molecule has 0 bridgehead atoms. The van der Waals surface area contributed by atoms with Crippen LogP contribution in [-0.4, -0.2) is 47.6 Å². The van der Waals surface area contributed by atoms with Crippen molar-refractivity contribution in [1.82, 2.24) is 9.47 Å². The van der Waals surface area contributed by atoms with Crippen LogP contribution in [0.1, 0.15) is 6.92 Å². The quantitative estimate of drug-likeness (QED) is 0.653. The number of benzene rings is 2. The minimum atomic E-state index is -0.276. The van der Waals surface area contributed by atoms with Gasteiger partial charge in [0, 0.05) is 35.0 Å². The second-order valence-corrected chi connectivity index (χ2v) is 7.40. The molecule has 0 saturated heterocycles. The van der Waals surface area contributed by atoms with Crippen LogP contribution < -0.4 is 14.8 Å². The van der Waals surface area contributed by atoms with Gasteiger partial charge in [0.05, 0.1) is 6.54 Å². The number of nitrogens with zero attached hydrogens (tertiary/aromatic N) is 2. The van der Waals surface area contributed by atoms with E-state index in [1.165, 1.54) is 4.90 Å². The number of amides is 2. The predicted octanol–water partition coefficient (Wildman–Crippen LogP) is 3.55. The van der Waals surface area contributed by atoms with Crippen molar-refractivity contribution in [3.8, 4) is 11.5 Å². The number of fused-ring (bicyclic) bond motifs is 2. The number of hydrogen-bond acceptors (Lipinski definition) is 4. The summed E-state index contributed by atoms with van der Waals surface area (Å²) in [5.41, 5.74) is 1.48. The molecule has 1 N–H and O–H groups in total. The van der Waals surface area contributed by atoms with E-state index in [4.69, 9.17) is 21.1 Å². The topological polar surface area (TPSA) is 72.8 Å². The third-order valence-corrected chi connectivity index (χ3v) is 5.17. The van der Waals surface area contributed by atoms with Crippen molar-refractivity contribution in [3.63, 3.8) is 0 Å². The van der Waals surface area contributed by atoms with E-state index in [1.54, 1.807) is 18.2 Å². The summed E-state index contributed by atoms with van der Waals surface area (Å²) in [5.74, 6) is 0.832. The molecule has 156 valence electrons. The zero-order valence-electron chi connectivity index (χ0n) is 16.6. The highest BCUT2D eigenvalue weighted by molar-refractivity contribution is 6.31. The van der Waals surface area contributed by atoms with Crippen molar-refractivity contribution in [2.24, 2.45) is 0 Å². The average molecular weight is 428 g/mol. The van der Waals surface area contributed by atoms with E-state index in [-0.39, 0.29) is 24.9 Å². The van der Waals surface area contributed by atoms with Gasteiger partial charge < -0.3 is 24.3 Å². The summed E-state index contributed by atoms with van der Waals surface area (Å²) in [7, 11) is 0. The number of likely N-dealkylation sites (N-methyl/N-ethyl adjacent to an activating group) is 1. The van der Waals surface area contributed by atoms with E-state index in [9.17, 15) is 9.59 Å². The van der Waals surface area contributed by atoms with Crippen molar-refractivity contribution < 1.29 is 19.1 Å². The monoisotopic (exact) mass is 427 g/mol. The van der Waals surface area contributed by atoms with Gasteiger partial charge in [0.15, 0.2) is 11.5 Å². The van der Waals surface area contributed by atoms with Gasteiger partial charge >= 0.3 is 0 Å². The van der Waals surface area contributed by atoms with Gasteiger partial charge in [0.25, 0.3) is 0 Å². The highest BCUT2D eigenvalue weighted by Crippen LogP contribution is 2.32. The van der Waals surface area contributed by atoms with Crippen LogP contribution in [0, 0.1) is 0 Å². The number of aromatic nitrogens is 1. The maximum atomic E-state index is 12.8. The van der Waals surface area contributed by atoms with Crippen LogP contribution in [0.4, 0.5) is 5.69 Å². The lowest BCUT2D eigenvalue weighted by Crippen LogP contribution is -2.39. The number of anilines is 1. The molecule has 2 heterocycles. The number of halogens is 1. The molecule has 4 rings (SSSR count). The molecule has 7 nitrogen and oxygen atoms in total. The van der Waals surface area contributed by atoms with Crippen molar-refractivity contribution in [2.45, 2.75) is 13.5 Å². The second-order valence-electron chi connectivity index (χ2n) is 6.96. The third-order valence-electron chi connectivity index (χ3n) is 4.94. The summed E-state index contributed by atoms with van der Waals surface area (Å²) in [6.45, 7) is 3.35. The fourth-order valence-corrected chi connectivity index (χ4v) is 3.58. The SMILES string of the molecule is CCN(CC(=O)Nc1ccc2c(c1)OCCO2)C(=O)Cn1ccc2ccc(Cl)cc21. The van der Waals surface area contributed by atoms with Gasteiger partial charge in [-0.15, -0.1) is 0 Å². The first kappa shape index (κ1) is 20.1. The Morgan fingerprint density at radius 1 is 1.10 bits per heavy atom. The molecular formula is C22H22ClN3O4. The number of carbonyl (C=O) groups is 2. The van der Waals surface area contributed by atoms with Crippen LogP contribution >= 0.6 is 11.6 Å². The predicted molar refractivity (Wildman–Crippen MR) is 115 cm³/mol. The van der Waals surface area contributed by atoms with Crippen LogP contribution in [0.15, 0.2) is 48.7 Å². The molecule has 2 amide bonds. The van der Waals surface area contributed by atoms with E-state index in [2.05, 4.69) is 5.32 Å². The molecule has 3 aromatic rings. The maximum absolute atomic E-state index is 12.8. The van der Waals surface area contributed by atoms with E-state index in [0.717, 1.165) is 10.9 Å². The van der Waals surface area contributed by atoms with Crippen LogP contribution in [-0.2, 0) is 16.1 Å². The molecule has 0 aliphatic carbocycles. The smallest absolute Gasteiger partial charge is 0.243 e. The number of hydrogen-bond donors (Lipinski definition) is 1. The van der Waals surface area contributed by atoms with Crippen LogP contribution in [0.3, 0.4) is 0 Å². The molecule has 2 aromatic carbocycles. The number of ether oxygens (including phenoxy) is 2. The normalized spacial score (nSPS) is 12.6. The summed E-state index contributed by atoms with van der Waals surface area (Å²) < 4.78 is 12.9. The van der Waals surface area contributed by atoms with Crippen molar-refractivity contribution in [2.75, 3.05) is 31.6 Å². The second kappa shape index (κ2) is 8.67. The zero-order valence-corrected chi connectivity index (χ0v) is 17.3. The minimum absolute atomic E-state index is 0.0380. The van der Waals surface area contributed by atoms with Crippen molar-refractivity contribution in [3.05, 3.63) is 53.7 Å². The van der Waals surface area contributed by atoms with E-state index in [1.807, 2.05) is 42.0 Å². The molecule has 8 heteroatoms. The molecular weight excluding hydrogens is 406 g/mol. The van der Waals surface area contributed by atoms with Crippen LogP contribution in [0.5, 0.6) is 11.5 Å². The van der Waals surface area contributed by atoms with Gasteiger partial charge in [-0.2, -0.15) is 0 Å².